The van der Waals surface area contributed by atoms with Crippen molar-refractivity contribution in [2.45, 2.75) is 19.8 Å². The zero-order valence-corrected chi connectivity index (χ0v) is 14.8. The number of halogens is 1. The van der Waals surface area contributed by atoms with Crippen LogP contribution in [0.4, 0.5) is 0 Å². The molecule has 0 bridgehead atoms. The maximum atomic E-state index is 12.7. The highest BCUT2D eigenvalue weighted by Gasteiger charge is 2.29. The summed E-state index contributed by atoms with van der Waals surface area (Å²) in [7, 11) is 1.53. The van der Waals surface area contributed by atoms with E-state index in [9.17, 15) is 9.59 Å². The SMILES string of the molecule is CCOc1cc(C(=O)N2CCCC(C(=O)O)C2)cc(Br)c1OC. The number of carboxylic acids is 1. The smallest absolute Gasteiger partial charge is 0.308 e. The number of carbonyl (C=O) groups is 2. The van der Waals surface area contributed by atoms with Crippen molar-refractivity contribution in [1.29, 1.82) is 0 Å². The van der Waals surface area contributed by atoms with Gasteiger partial charge in [0.05, 0.1) is 24.1 Å². The van der Waals surface area contributed by atoms with Gasteiger partial charge < -0.3 is 19.5 Å². The number of likely N-dealkylation sites (tertiary alicyclic amines) is 1. The second-order valence-electron chi connectivity index (χ2n) is 5.35. The van der Waals surface area contributed by atoms with Gasteiger partial charge in [-0.1, -0.05) is 0 Å². The minimum atomic E-state index is -0.853. The lowest BCUT2D eigenvalue weighted by atomic mass is 9.97. The van der Waals surface area contributed by atoms with Crippen molar-refractivity contribution in [2.24, 2.45) is 5.92 Å². The molecule has 1 atom stereocenters. The Balaban J connectivity index is 2.26. The maximum Gasteiger partial charge on any atom is 0.308 e. The van der Waals surface area contributed by atoms with Crippen LogP contribution in [0.2, 0.25) is 0 Å². The molecule has 0 saturated carbocycles. The van der Waals surface area contributed by atoms with E-state index in [2.05, 4.69) is 15.9 Å². The second-order valence-corrected chi connectivity index (χ2v) is 6.21. The fraction of sp³-hybridized carbons (Fsp3) is 0.500. The van der Waals surface area contributed by atoms with Crippen molar-refractivity contribution in [3.05, 3.63) is 22.2 Å². The summed E-state index contributed by atoms with van der Waals surface area (Å²) in [5, 5.41) is 9.15. The summed E-state index contributed by atoms with van der Waals surface area (Å²) < 4.78 is 11.4. The molecule has 1 fully saturated rings. The van der Waals surface area contributed by atoms with E-state index < -0.39 is 11.9 Å². The normalized spacial score (nSPS) is 17.7. The Hall–Kier alpha value is -1.76. The van der Waals surface area contributed by atoms with Gasteiger partial charge >= 0.3 is 5.97 Å². The maximum absolute atomic E-state index is 12.7. The van der Waals surface area contributed by atoms with Crippen molar-refractivity contribution in [2.75, 3.05) is 26.8 Å². The van der Waals surface area contributed by atoms with Crippen molar-refractivity contribution in [3.8, 4) is 11.5 Å². The molecule has 2 rings (SSSR count). The van der Waals surface area contributed by atoms with Gasteiger partial charge in [0.25, 0.3) is 5.91 Å². The van der Waals surface area contributed by atoms with Crippen LogP contribution < -0.4 is 9.47 Å². The van der Waals surface area contributed by atoms with Crippen LogP contribution in [-0.2, 0) is 4.79 Å². The molecule has 6 nitrogen and oxygen atoms in total. The minimum Gasteiger partial charge on any atom is -0.492 e. The number of rotatable bonds is 5. The second kappa shape index (κ2) is 7.68. The lowest BCUT2D eigenvalue weighted by Gasteiger charge is -2.31. The number of aliphatic carboxylic acids is 1. The molecule has 0 spiro atoms. The molecule has 1 N–H and O–H groups in total. The van der Waals surface area contributed by atoms with Gasteiger partial charge in [-0.2, -0.15) is 0 Å². The summed E-state index contributed by atoms with van der Waals surface area (Å²) in [6, 6.07) is 3.31. The van der Waals surface area contributed by atoms with Crippen LogP contribution in [-0.4, -0.2) is 48.7 Å². The average molecular weight is 386 g/mol. The fourth-order valence-corrected chi connectivity index (χ4v) is 3.30. The standard InChI is InChI=1S/C16H20BrNO5/c1-3-23-13-8-11(7-12(17)14(13)22-2)15(19)18-6-4-5-10(9-18)16(20)21/h7-8,10H,3-6,9H2,1-2H3,(H,20,21). The molecular weight excluding hydrogens is 366 g/mol. The van der Waals surface area contributed by atoms with E-state index in [0.29, 0.717) is 47.5 Å². The van der Waals surface area contributed by atoms with E-state index in [4.69, 9.17) is 14.6 Å². The Labute approximate surface area is 143 Å². The molecule has 7 heteroatoms. The van der Waals surface area contributed by atoms with Gasteiger partial charge in [-0.05, 0) is 47.8 Å². The molecule has 1 aromatic rings. The Morgan fingerprint density at radius 3 is 2.78 bits per heavy atom. The first-order valence-corrected chi connectivity index (χ1v) is 8.29. The van der Waals surface area contributed by atoms with Crippen molar-refractivity contribution < 1.29 is 24.2 Å². The summed E-state index contributed by atoms with van der Waals surface area (Å²) in [5.74, 6) is -0.528. The summed E-state index contributed by atoms with van der Waals surface area (Å²) in [4.78, 5) is 25.4. The molecule has 1 aliphatic heterocycles. The quantitative estimate of drug-likeness (QED) is 0.842. The van der Waals surface area contributed by atoms with Crippen LogP contribution in [0.25, 0.3) is 0 Å². The van der Waals surface area contributed by atoms with Gasteiger partial charge in [-0.25, -0.2) is 0 Å². The zero-order chi connectivity index (χ0) is 17.0. The van der Waals surface area contributed by atoms with Gasteiger partial charge in [0, 0.05) is 18.7 Å². The summed E-state index contributed by atoms with van der Waals surface area (Å²) in [6.45, 7) is 3.10. The molecule has 0 radical (unpaired) electrons. The van der Waals surface area contributed by atoms with Crippen LogP contribution in [0, 0.1) is 5.92 Å². The van der Waals surface area contributed by atoms with Crippen LogP contribution in [0.15, 0.2) is 16.6 Å². The number of ether oxygens (including phenoxy) is 2. The molecule has 126 valence electrons. The molecule has 1 unspecified atom stereocenters. The van der Waals surface area contributed by atoms with Crippen LogP contribution in [0.5, 0.6) is 11.5 Å². The number of amides is 1. The molecule has 1 heterocycles. The highest BCUT2D eigenvalue weighted by Crippen LogP contribution is 2.37. The van der Waals surface area contributed by atoms with Gasteiger partial charge in [0.1, 0.15) is 0 Å². The first-order chi connectivity index (χ1) is 11.0. The number of benzene rings is 1. The zero-order valence-electron chi connectivity index (χ0n) is 13.2. The average Bonchev–Trinajstić information content (AvgIpc) is 2.54. The molecule has 0 aliphatic carbocycles. The van der Waals surface area contributed by atoms with Crippen LogP contribution in [0.1, 0.15) is 30.1 Å². The van der Waals surface area contributed by atoms with Crippen molar-refractivity contribution >= 4 is 27.8 Å². The van der Waals surface area contributed by atoms with Crippen LogP contribution in [0.3, 0.4) is 0 Å². The van der Waals surface area contributed by atoms with Gasteiger partial charge in [0.15, 0.2) is 11.5 Å². The monoisotopic (exact) mass is 385 g/mol. The lowest BCUT2D eigenvalue weighted by molar-refractivity contribution is -0.143. The van der Waals surface area contributed by atoms with Crippen LogP contribution >= 0.6 is 15.9 Å². The Morgan fingerprint density at radius 2 is 2.17 bits per heavy atom. The van der Waals surface area contributed by atoms with E-state index in [1.165, 1.54) is 7.11 Å². The Kier molecular flexibility index (Phi) is 5.87. The summed E-state index contributed by atoms with van der Waals surface area (Å²) >= 11 is 3.39. The third kappa shape index (κ3) is 3.96. The number of hydrogen-bond acceptors (Lipinski definition) is 4. The molecule has 1 saturated heterocycles. The molecule has 0 aromatic heterocycles. The van der Waals surface area contributed by atoms with E-state index in [1.807, 2.05) is 6.92 Å². The highest BCUT2D eigenvalue weighted by atomic mass is 79.9. The van der Waals surface area contributed by atoms with E-state index in [0.717, 1.165) is 0 Å². The highest BCUT2D eigenvalue weighted by molar-refractivity contribution is 9.10. The number of carbonyl (C=O) groups excluding carboxylic acids is 1. The third-order valence-corrected chi connectivity index (χ3v) is 4.41. The predicted octanol–water partition coefficient (Wildman–Crippen LogP) is 2.79. The van der Waals surface area contributed by atoms with E-state index in [1.54, 1.807) is 17.0 Å². The third-order valence-electron chi connectivity index (χ3n) is 3.82. The molecule has 23 heavy (non-hydrogen) atoms. The first kappa shape index (κ1) is 17.6. The Morgan fingerprint density at radius 1 is 1.43 bits per heavy atom. The first-order valence-electron chi connectivity index (χ1n) is 7.50. The molecule has 1 aliphatic rings. The predicted molar refractivity (Wildman–Crippen MR) is 88.1 cm³/mol. The molecule has 1 amide bonds. The van der Waals surface area contributed by atoms with E-state index in [-0.39, 0.29) is 12.5 Å². The number of nitrogens with zero attached hydrogens (tertiary/aromatic N) is 1. The van der Waals surface area contributed by atoms with Crippen molar-refractivity contribution in [3.63, 3.8) is 0 Å². The largest absolute Gasteiger partial charge is 0.492 e. The van der Waals surface area contributed by atoms with Crippen molar-refractivity contribution in [1.82, 2.24) is 4.90 Å². The summed E-state index contributed by atoms with van der Waals surface area (Å²) in [6.07, 6.45) is 1.30. The number of carboxylic acid groups (broad SMARTS) is 1. The minimum absolute atomic E-state index is 0.194. The number of piperidine rings is 1. The summed E-state index contributed by atoms with van der Waals surface area (Å²) in [5.41, 5.74) is 0.451. The number of hydrogen-bond donors (Lipinski definition) is 1. The number of methoxy groups -OCH3 is 1. The van der Waals surface area contributed by atoms with Gasteiger partial charge in [0.2, 0.25) is 0 Å². The molecule has 1 aromatic carbocycles. The topological polar surface area (TPSA) is 76.1 Å². The lowest BCUT2D eigenvalue weighted by Crippen LogP contribution is -2.42. The van der Waals surface area contributed by atoms with Gasteiger partial charge in [-0.15, -0.1) is 0 Å². The molecular formula is C16H20BrNO5. The fourth-order valence-electron chi connectivity index (χ4n) is 2.70. The van der Waals surface area contributed by atoms with E-state index >= 15 is 0 Å². The Bertz CT molecular complexity index is 604. The van der Waals surface area contributed by atoms with Gasteiger partial charge in [-0.3, -0.25) is 9.59 Å².